The zero-order valence-electron chi connectivity index (χ0n) is 14.8. The van der Waals surface area contributed by atoms with E-state index in [1.165, 1.54) is 11.1 Å². The third kappa shape index (κ3) is 3.26. The molecule has 132 valence electrons. The van der Waals surface area contributed by atoms with E-state index in [1.807, 2.05) is 0 Å². The highest BCUT2D eigenvalue weighted by Crippen LogP contribution is 2.31. The van der Waals surface area contributed by atoms with Crippen LogP contribution in [0.2, 0.25) is 0 Å². The standard InChI is InChI=1S/C19H24N4O2/c1-14(16-4-3-15-6-12-25-17(15)13-16)22-8-10-23(11-9-22)19-20-7-5-18(21-19)24-2/h3-5,7,13-14H,6,8-12H2,1-2H3. The van der Waals surface area contributed by atoms with Crippen LogP contribution in [0, 0.1) is 0 Å². The van der Waals surface area contributed by atoms with Crippen LogP contribution in [0.5, 0.6) is 11.6 Å². The molecule has 2 aliphatic heterocycles. The summed E-state index contributed by atoms with van der Waals surface area (Å²) in [5.41, 5.74) is 2.66. The van der Waals surface area contributed by atoms with Crippen LogP contribution in [0.3, 0.4) is 0 Å². The Morgan fingerprint density at radius 1 is 1.16 bits per heavy atom. The summed E-state index contributed by atoms with van der Waals surface area (Å²) in [6.07, 6.45) is 2.78. The SMILES string of the molecule is COc1ccnc(N2CCN(C(C)c3ccc4c(c3)OCC4)CC2)n1. The maximum absolute atomic E-state index is 5.72. The van der Waals surface area contributed by atoms with Crippen molar-refractivity contribution in [3.05, 3.63) is 41.6 Å². The minimum Gasteiger partial charge on any atom is -0.493 e. The Balaban J connectivity index is 1.41. The minimum atomic E-state index is 0.378. The molecule has 0 N–H and O–H groups in total. The second-order valence-corrected chi connectivity index (χ2v) is 6.56. The van der Waals surface area contributed by atoms with E-state index in [2.05, 4.69) is 44.9 Å². The van der Waals surface area contributed by atoms with E-state index in [0.29, 0.717) is 11.9 Å². The van der Waals surface area contributed by atoms with Gasteiger partial charge < -0.3 is 14.4 Å². The number of fused-ring (bicyclic) bond motifs is 1. The highest BCUT2D eigenvalue weighted by atomic mass is 16.5. The molecule has 0 radical (unpaired) electrons. The zero-order chi connectivity index (χ0) is 17.2. The summed E-state index contributed by atoms with van der Waals surface area (Å²) in [6, 6.07) is 8.83. The summed E-state index contributed by atoms with van der Waals surface area (Å²) in [4.78, 5) is 13.5. The molecule has 1 unspecified atom stereocenters. The van der Waals surface area contributed by atoms with Gasteiger partial charge in [-0.25, -0.2) is 4.98 Å². The van der Waals surface area contributed by atoms with Gasteiger partial charge in [0.05, 0.1) is 13.7 Å². The smallest absolute Gasteiger partial charge is 0.228 e. The fourth-order valence-electron chi connectivity index (χ4n) is 3.56. The predicted molar refractivity (Wildman–Crippen MR) is 96.4 cm³/mol. The number of ether oxygens (including phenoxy) is 2. The summed E-state index contributed by atoms with van der Waals surface area (Å²) >= 11 is 0. The van der Waals surface area contributed by atoms with Gasteiger partial charge in [-0.1, -0.05) is 12.1 Å². The van der Waals surface area contributed by atoms with Crippen LogP contribution in [0.1, 0.15) is 24.1 Å². The van der Waals surface area contributed by atoms with Gasteiger partial charge in [-0.05, 0) is 24.1 Å². The van der Waals surface area contributed by atoms with E-state index in [1.54, 1.807) is 19.4 Å². The Morgan fingerprint density at radius 3 is 2.80 bits per heavy atom. The molecule has 0 bridgehead atoms. The van der Waals surface area contributed by atoms with Gasteiger partial charge in [0, 0.05) is 50.9 Å². The quantitative estimate of drug-likeness (QED) is 0.851. The molecule has 1 aromatic heterocycles. The number of piperazine rings is 1. The van der Waals surface area contributed by atoms with Crippen molar-refractivity contribution in [3.63, 3.8) is 0 Å². The van der Waals surface area contributed by atoms with Gasteiger partial charge in [-0.2, -0.15) is 4.98 Å². The Hall–Kier alpha value is -2.34. The summed E-state index contributed by atoms with van der Waals surface area (Å²) in [5, 5.41) is 0. The van der Waals surface area contributed by atoms with Crippen LogP contribution >= 0.6 is 0 Å². The Morgan fingerprint density at radius 2 is 2.00 bits per heavy atom. The minimum absolute atomic E-state index is 0.378. The first kappa shape index (κ1) is 16.1. The first-order valence-corrected chi connectivity index (χ1v) is 8.86. The van der Waals surface area contributed by atoms with E-state index in [0.717, 1.165) is 50.9 Å². The van der Waals surface area contributed by atoms with Gasteiger partial charge in [0.1, 0.15) is 5.75 Å². The fraction of sp³-hybridized carbons (Fsp3) is 0.474. The summed E-state index contributed by atoms with van der Waals surface area (Å²) < 4.78 is 10.9. The number of rotatable bonds is 4. The monoisotopic (exact) mass is 340 g/mol. The second-order valence-electron chi connectivity index (χ2n) is 6.56. The predicted octanol–water partition coefficient (Wildman–Crippen LogP) is 2.30. The maximum atomic E-state index is 5.72. The lowest BCUT2D eigenvalue weighted by molar-refractivity contribution is 0.197. The van der Waals surface area contributed by atoms with E-state index in [-0.39, 0.29) is 0 Å². The van der Waals surface area contributed by atoms with Gasteiger partial charge in [0.2, 0.25) is 11.8 Å². The largest absolute Gasteiger partial charge is 0.493 e. The lowest BCUT2D eigenvalue weighted by atomic mass is 10.0. The van der Waals surface area contributed by atoms with Gasteiger partial charge in [0.15, 0.2) is 0 Å². The molecular weight excluding hydrogens is 316 g/mol. The molecule has 1 saturated heterocycles. The molecule has 0 saturated carbocycles. The maximum Gasteiger partial charge on any atom is 0.228 e. The van der Waals surface area contributed by atoms with Gasteiger partial charge >= 0.3 is 0 Å². The molecule has 25 heavy (non-hydrogen) atoms. The lowest BCUT2D eigenvalue weighted by Gasteiger charge is -2.38. The number of anilines is 1. The molecule has 0 aliphatic carbocycles. The first-order valence-electron chi connectivity index (χ1n) is 8.86. The van der Waals surface area contributed by atoms with Gasteiger partial charge in [0.25, 0.3) is 0 Å². The van der Waals surface area contributed by atoms with Crippen molar-refractivity contribution in [2.75, 3.05) is 44.8 Å². The molecule has 1 atom stereocenters. The Kier molecular flexibility index (Phi) is 4.44. The lowest BCUT2D eigenvalue weighted by Crippen LogP contribution is -2.47. The molecule has 0 spiro atoms. The molecule has 6 nitrogen and oxygen atoms in total. The summed E-state index contributed by atoms with van der Waals surface area (Å²) in [6.45, 7) is 6.89. The van der Waals surface area contributed by atoms with Crippen LogP contribution < -0.4 is 14.4 Å². The van der Waals surface area contributed by atoms with E-state index in [4.69, 9.17) is 9.47 Å². The number of hydrogen-bond donors (Lipinski definition) is 0. The van der Waals surface area contributed by atoms with Crippen LogP contribution in [0.4, 0.5) is 5.95 Å². The topological polar surface area (TPSA) is 50.7 Å². The number of hydrogen-bond acceptors (Lipinski definition) is 6. The molecule has 2 aromatic rings. The number of nitrogens with zero attached hydrogens (tertiary/aromatic N) is 4. The van der Waals surface area contributed by atoms with Crippen LogP contribution in [0.25, 0.3) is 0 Å². The summed E-state index contributed by atoms with van der Waals surface area (Å²) in [7, 11) is 1.63. The van der Waals surface area contributed by atoms with Crippen molar-refractivity contribution in [1.82, 2.24) is 14.9 Å². The van der Waals surface area contributed by atoms with Crippen molar-refractivity contribution in [3.8, 4) is 11.6 Å². The van der Waals surface area contributed by atoms with Gasteiger partial charge in [-0.15, -0.1) is 0 Å². The van der Waals surface area contributed by atoms with Crippen molar-refractivity contribution in [2.45, 2.75) is 19.4 Å². The summed E-state index contributed by atoms with van der Waals surface area (Å²) in [5.74, 6) is 2.42. The molecular formula is C19H24N4O2. The van der Waals surface area contributed by atoms with E-state index >= 15 is 0 Å². The molecule has 1 fully saturated rings. The van der Waals surface area contributed by atoms with Crippen LogP contribution in [0.15, 0.2) is 30.5 Å². The van der Waals surface area contributed by atoms with Gasteiger partial charge in [-0.3, -0.25) is 4.90 Å². The van der Waals surface area contributed by atoms with Crippen molar-refractivity contribution < 1.29 is 9.47 Å². The molecule has 1 aromatic carbocycles. The Bertz CT molecular complexity index is 744. The molecule has 6 heteroatoms. The third-order valence-electron chi connectivity index (χ3n) is 5.17. The average molecular weight is 340 g/mol. The number of aromatic nitrogens is 2. The first-order chi connectivity index (χ1) is 12.2. The molecule has 2 aliphatic rings. The number of methoxy groups -OCH3 is 1. The molecule has 0 amide bonds. The third-order valence-corrected chi connectivity index (χ3v) is 5.17. The normalized spacial score (nSPS) is 18.6. The Labute approximate surface area is 148 Å². The second kappa shape index (κ2) is 6.88. The highest BCUT2D eigenvalue weighted by molar-refractivity contribution is 5.41. The zero-order valence-corrected chi connectivity index (χ0v) is 14.8. The number of benzene rings is 1. The van der Waals surface area contributed by atoms with Crippen LogP contribution in [-0.4, -0.2) is 54.8 Å². The van der Waals surface area contributed by atoms with Crippen molar-refractivity contribution in [1.29, 1.82) is 0 Å². The van der Waals surface area contributed by atoms with Crippen molar-refractivity contribution in [2.24, 2.45) is 0 Å². The fourth-order valence-corrected chi connectivity index (χ4v) is 3.56. The van der Waals surface area contributed by atoms with Crippen molar-refractivity contribution >= 4 is 5.95 Å². The van der Waals surface area contributed by atoms with E-state index < -0.39 is 0 Å². The molecule has 4 rings (SSSR count). The highest BCUT2D eigenvalue weighted by Gasteiger charge is 2.24. The molecule has 3 heterocycles. The van der Waals surface area contributed by atoms with E-state index in [9.17, 15) is 0 Å². The van der Waals surface area contributed by atoms with Crippen LogP contribution in [-0.2, 0) is 6.42 Å². The average Bonchev–Trinajstić information content (AvgIpc) is 3.15.